The summed E-state index contributed by atoms with van der Waals surface area (Å²) in [5, 5.41) is 0. The highest BCUT2D eigenvalue weighted by Crippen LogP contribution is 2.43. The van der Waals surface area contributed by atoms with Crippen LogP contribution in [0.1, 0.15) is 46.0 Å². The first-order valence-corrected chi connectivity index (χ1v) is 6.95. The molecule has 96 valence electrons. The van der Waals surface area contributed by atoms with Gasteiger partial charge in [0, 0.05) is 19.4 Å². The molecule has 1 aliphatic heterocycles. The Bertz CT molecular complexity index is 322. The molecule has 17 heavy (non-hydrogen) atoms. The van der Waals surface area contributed by atoms with Crippen molar-refractivity contribution in [1.29, 1.82) is 0 Å². The van der Waals surface area contributed by atoms with Crippen molar-refractivity contribution in [3.05, 3.63) is 0 Å². The Morgan fingerprint density at radius 2 is 1.71 bits per heavy atom. The molecule has 0 atom stereocenters. The molecule has 2 fully saturated rings. The average molecular weight is 255 g/mol. The number of nitrogens with zero attached hydrogens (tertiary/aromatic N) is 1. The fourth-order valence-electron chi connectivity index (χ4n) is 2.77. The molecule has 2 amide bonds. The number of piperidine rings is 1. The van der Waals surface area contributed by atoms with Gasteiger partial charge in [-0.3, -0.25) is 14.5 Å². The molecule has 0 aromatic carbocycles. The van der Waals surface area contributed by atoms with E-state index in [1.807, 2.05) is 13.8 Å². The Kier molecular flexibility index (Phi) is 3.27. The Hall–Kier alpha value is -0.510. The highest BCUT2D eigenvalue weighted by molar-refractivity contribution is 7.80. The lowest BCUT2D eigenvalue weighted by molar-refractivity contribution is -0.155. The Labute approximate surface area is 108 Å². The molecule has 0 unspecified atom stereocenters. The summed E-state index contributed by atoms with van der Waals surface area (Å²) in [7, 11) is 0. The highest BCUT2D eigenvalue weighted by atomic mass is 32.1. The van der Waals surface area contributed by atoms with Gasteiger partial charge in [-0.15, -0.1) is 0 Å². The Morgan fingerprint density at radius 3 is 2.06 bits per heavy atom. The first-order valence-electron chi connectivity index (χ1n) is 6.32. The fourth-order valence-corrected chi connectivity index (χ4v) is 3.18. The molecule has 0 N–H and O–H groups in total. The van der Waals surface area contributed by atoms with Gasteiger partial charge in [0.2, 0.25) is 11.8 Å². The molecule has 0 aromatic rings. The normalized spacial score (nSPS) is 26.9. The van der Waals surface area contributed by atoms with Gasteiger partial charge in [0.05, 0.1) is 0 Å². The maximum absolute atomic E-state index is 12.0. The lowest BCUT2D eigenvalue weighted by Gasteiger charge is -2.45. The molecule has 0 spiro atoms. The molecular formula is C13H21NO2S. The van der Waals surface area contributed by atoms with Crippen LogP contribution in [-0.2, 0) is 9.59 Å². The maximum atomic E-state index is 12.0. The van der Waals surface area contributed by atoms with Crippen LogP contribution in [0.5, 0.6) is 0 Å². The molecule has 0 aromatic heterocycles. The molecule has 1 heterocycles. The van der Waals surface area contributed by atoms with Crippen molar-refractivity contribution in [2.24, 2.45) is 10.8 Å². The predicted octanol–water partition coefficient (Wildman–Crippen LogP) is 2.26. The standard InChI is InChI=1S/C13H21NO2S/c1-12(2)6-10(15)14(11(16)7-12)8-13(9-17)4-3-5-13/h17H,3-9H2,1-2H3. The predicted molar refractivity (Wildman–Crippen MR) is 69.9 cm³/mol. The molecule has 0 bridgehead atoms. The van der Waals surface area contributed by atoms with Gasteiger partial charge >= 0.3 is 0 Å². The number of likely N-dealkylation sites (tertiary alicyclic amines) is 1. The summed E-state index contributed by atoms with van der Waals surface area (Å²) < 4.78 is 0. The van der Waals surface area contributed by atoms with Crippen LogP contribution in [0.3, 0.4) is 0 Å². The first-order chi connectivity index (χ1) is 7.87. The summed E-state index contributed by atoms with van der Waals surface area (Å²) in [6.07, 6.45) is 4.36. The highest BCUT2D eigenvalue weighted by Gasteiger charge is 2.44. The van der Waals surface area contributed by atoms with Crippen LogP contribution in [0, 0.1) is 10.8 Å². The summed E-state index contributed by atoms with van der Waals surface area (Å²) in [5.74, 6) is 0.770. The second-order valence-electron chi connectivity index (χ2n) is 6.40. The molecule has 2 rings (SSSR count). The van der Waals surface area contributed by atoms with Crippen molar-refractivity contribution < 1.29 is 9.59 Å². The second-order valence-corrected chi connectivity index (χ2v) is 6.72. The van der Waals surface area contributed by atoms with Crippen LogP contribution in [0.15, 0.2) is 0 Å². The minimum Gasteiger partial charge on any atom is -0.282 e. The summed E-state index contributed by atoms with van der Waals surface area (Å²) in [4.78, 5) is 25.6. The Morgan fingerprint density at radius 1 is 1.18 bits per heavy atom. The average Bonchev–Trinajstić information content (AvgIpc) is 2.13. The first kappa shape index (κ1) is 12.9. The number of rotatable bonds is 3. The third-order valence-electron chi connectivity index (χ3n) is 4.10. The lowest BCUT2D eigenvalue weighted by atomic mass is 9.69. The van der Waals surface area contributed by atoms with Crippen molar-refractivity contribution >= 4 is 24.4 Å². The summed E-state index contributed by atoms with van der Waals surface area (Å²) >= 11 is 4.38. The van der Waals surface area contributed by atoms with Crippen LogP contribution in [0.4, 0.5) is 0 Å². The Balaban J connectivity index is 2.06. The minimum atomic E-state index is -0.168. The van der Waals surface area contributed by atoms with E-state index in [0.29, 0.717) is 19.4 Å². The van der Waals surface area contributed by atoms with Crippen LogP contribution in [-0.4, -0.2) is 29.0 Å². The van der Waals surface area contributed by atoms with E-state index in [9.17, 15) is 9.59 Å². The van der Waals surface area contributed by atoms with Gasteiger partial charge in [0.1, 0.15) is 0 Å². The second kappa shape index (κ2) is 4.30. The zero-order valence-electron chi connectivity index (χ0n) is 10.7. The maximum Gasteiger partial charge on any atom is 0.229 e. The van der Waals surface area contributed by atoms with Gasteiger partial charge in [0.15, 0.2) is 0 Å². The van der Waals surface area contributed by atoms with Gasteiger partial charge in [-0.05, 0) is 29.4 Å². The van der Waals surface area contributed by atoms with Crippen LogP contribution in [0.2, 0.25) is 0 Å². The molecule has 3 nitrogen and oxygen atoms in total. The lowest BCUT2D eigenvalue weighted by Crippen LogP contribution is -2.52. The zero-order chi connectivity index (χ0) is 12.7. The number of carbonyl (C=O) groups excluding carboxylic acids is 2. The van der Waals surface area contributed by atoms with Gasteiger partial charge < -0.3 is 0 Å². The van der Waals surface area contributed by atoms with Crippen molar-refractivity contribution in [2.75, 3.05) is 12.3 Å². The largest absolute Gasteiger partial charge is 0.282 e. The quantitative estimate of drug-likeness (QED) is 0.620. The third-order valence-corrected chi connectivity index (χ3v) is 4.78. The van der Waals surface area contributed by atoms with E-state index in [4.69, 9.17) is 0 Å². The van der Waals surface area contributed by atoms with Gasteiger partial charge in [-0.1, -0.05) is 20.3 Å². The van der Waals surface area contributed by atoms with E-state index in [2.05, 4.69) is 12.6 Å². The molecule has 2 aliphatic rings. The van der Waals surface area contributed by atoms with E-state index < -0.39 is 0 Å². The van der Waals surface area contributed by atoms with Crippen LogP contribution in [0.25, 0.3) is 0 Å². The zero-order valence-corrected chi connectivity index (χ0v) is 11.6. The number of thiol groups is 1. The van der Waals surface area contributed by atoms with E-state index in [1.54, 1.807) is 0 Å². The molecule has 1 saturated heterocycles. The number of hydrogen-bond acceptors (Lipinski definition) is 3. The van der Waals surface area contributed by atoms with Crippen LogP contribution >= 0.6 is 12.6 Å². The van der Waals surface area contributed by atoms with Crippen molar-refractivity contribution in [1.82, 2.24) is 4.90 Å². The van der Waals surface area contributed by atoms with Crippen molar-refractivity contribution in [3.8, 4) is 0 Å². The number of carbonyl (C=O) groups is 2. The summed E-state index contributed by atoms with van der Waals surface area (Å²) in [5.41, 5.74) is -0.0612. The van der Waals surface area contributed by atoms with Crippen LogP contribution < -0.4 is 0 Å². The summed E-state index contributed by atoms with van der Waals surface area (Å²) in [6.45, 7) is 4.56. The SMILES string of the molecule is CC1(C)CC(=O)N(CC2(CS)CCC2)C(=O)C1. The fraction of sp³-hybridized carbons (Fsp3) is 0.846. The monoisotopic (exact) mass is 255 g/mol. The van der Waals surface area contributed by atoms with E-state index in [0.717, 1.165) is 18.6 Å². The van der Waals surface area contributed by atoms with Gasteiger partial charge in [0.25, 0.3) is 0 Å². The molecular weight excluding hydrogens is 234 g/mol. The van der Waals surface area contributed by atoms with Crippen molar-refractivity contribution in [2.45, 2.75) is 46.0 Å². The molecule has 0 radical (unpaired) electrons. The number of amides is 2. The van der Waals surface area contributed by atoms with Crippen molar-refractivity contribution in [3.63, 3.8) is 0 Å². The molecule has 1 aliphatic carbocycles. The van der Waals surface area contributed by atoms with Gasteiger partial charge in [-0.2, -0.15) is 12.6 Å². The van der Waals surface area contributed by atoms with E-state index in [1.165, 1.54) is 11.3 Å². The third kappa shape index (κ3) is 2.51. The molecule has 1 saturated carbocycles. The number of hydrogen-bond donors (Lipinski definition) is 1. The van der Waals surface area contributed by atoms with E-state index >= 15 is 0 Å². The minimum absolute atomic E-state index is 0.000640. The topological polar surface area (TPSA) is 37.4 Å². The van der Waals surface area contributed by atoms with Gasteiger partial charge in [-0.25, -0.2) is 0 Å². The molecule has 4 heteroatoms. The van der Waals surface area contributed by atoms with E-state index in [-0.39, 0.29) is 22.6 Å². The smallest absolute Gasteiger partial charge is 0.229 e. The number of imide groups is 1. The summed E-state index contributed by atoms with van der Waals surface area (Å²) in [6, 6.07) is 0.